The predicted molar refractivity (Wildman–Crippen MR) is 94.7 cm³/mol. The molecule has 0 radical (unpaired) electrons. The van der Waals surface area contributed by atoms with Crippen LogP contribution >= 0.6 is 0 Å². The Bertz CT molecular complexity index is 833. The van der Waals surface area contributed by atoms with Crippen LogP contribution in [0.25, 0.3) is 0 Å². The quantitative estimate of drug-likeness (QED) is 0.709. The number of nitrogens with one attached hydrogen (secondary N) is 2. The molecule has 0 saturated carbocycles. The average molecular weight is 371 g/mol. The summed E-state index contributed by atoms with van der Waals surface area (Å²) in [6, 6.07) is 3.90. The lowest BCUT2D eigenvalue weighted by atomic mass is 10.0. The fraction of sp³-hybridized carbons (Fsp3) is 0.421. The summed E-state index contributed by atoms with van der Waals surface area (Å²) in [5.74, 6) is -2.17. The highest BCUT2D eigenvalue weighted by Gasteiger charge is 2.44. The smallest absolute Gasteiger partial charge is 0.262 e. The second-order valence-electron chi connectivity index (χ2n) is 6.68. The molecular weight excluding hydrogens is 350 g/mol. The molecule has 2 aliphatic rings. The molecule has 8 nitrogen and oxygen atoms in total. The van der Waals surface area contributed by atoms with Crippen LogP contribution in [0.3, 0.4) is 0 Å². The Kier molecular flexibility index (Phi) is 5.34. The summed E-state index contributed by atoms with van der Waals surface area (Å²) in [4.78, 5) is 61.3. The van der Waals surface area contributed by atoms with Crippen molar-refractivity contribution in [1.82, 2.24) is 15.5 Å². The molecule has 1 aromatic rings. The molecule has 8 heteroatoms. The number of hydrogen-bond acceptors (Lipinski definition) is 5. The van der Waals surface area contributed by atoms with Crippen LogP contribution in [-0.2, 0) is 20.8 Å². The van der Waals surface area contributed by atoms with Gasteiger partial charge in [0.05, 0.1) is 11.1 Å². The number of fused-ring (bicyclic) bond motifs is 1. The van der Waals surface area contributed by atoms with Gasteiger partial charge in [0.15, 0.2) is 0 Å². The first kappa shape index (κ1) is 18.8. The Hall–Kier alpha value is -3.03. The number of benzene rings is 1. The van der Waals surface area contributed by atoms with E-state index in [0.717, 1.165) is 16.9 Å². The van der Waals surface area contributed by atoms with Crippen molar-refractivity contribution in [2.75, 3.05) is 6.54 Å². The molecule has 27 heavy (non-hydrogen) atoms. The van der Waals surface area contributed by atoms with Gasteiger partial charge in [-0.05, 0) is 37.0 Å². The minimum absolute atomic E-state index is 0.0649. The van der Waals surface area contributed by atoms with E-state index in [1.165, 1.54) is 0 Å². The molecule has 5 amide bonds. The van der Waals surface area contributed by atoms with Crippen molar-refractivity contribution in [1.29, 1.82) is 0 Å². The maximum Gasteiger partial charge on any atom is 0.262 e. The van der Waals surface area contributed by atoms with Gasteiger partial charge in [-0.1, -0.05) is 13.0 Å². The molecule has 1 saturated heterocycles. The summed E-state index contributed by atoms with van der Waals surface area (Å²) in [7, 11) is 0. The van der Waals surface area contributed by atoms with E-state index in [4.69, 9.17) is 0 Å². The molecule has 2 heterocycles. The SMILES string of the molecule is CCCNC(=O)CCc1ccc2c(c1)C(=O)N(C1CCC(=O)NC1=O)C2=O. The third kappa shape index (κ3) is 3.74. The summed E-state index contributed by atoms with van der Waals surface area (Å²) < 4.78 is 0. The van der Waals surface area contributed by atoms with Crippen LogP contribution in [0, 0.1) is 0 Å². The highest BCUT2D eigenvalue weighted by molar-refractivity contribution is 6.23. The van der Waals surface area contributed by atoms with Gasteiger partial charge in [-0.25, -0.2) is 0 Å². The van der Waals surface area contributed by atoms with Crippen molar-refractivity contribution in [3.05, 3.63) is 34.9 Å². The van der Waals surface area contributed by atoms with Crippen molar-refractivity contribution in [2.24, 2.45) is 0 Å². The number of carbonyl (C=O) groups is 5. The minimum Gasteiger partial charge on any atom is -0.356 e. The van der Waals surface area contributed by atoms with E-state index in [1.807, 2.05) is 6.92 Å². The number of hydrogen-bond donors (Lipinski definition) is 2. The molecule has 0 aromatic heterocycles. The van der Waals surface area contributed by atoms with Gasteiger partial charge in [-0.2, -0.15) is 0 Å². The molecule has 1 fully saturated rings. The summed E-state index contributed by atoms with van der Waals surface area (Å²) in [5.41, 5.74) is 1.24. The van der Waals surface area contributed by atoms with Gasteiger partial charge in [-0.15, -0.1) is 0 Å². The molecule has 0 aliphatic carbocycles. The van der Waals surface area contributed by atoms with Crippen molar-refractivity contribution in [3.8, 4) is 0 Å². The predicted octanol–water partition coefficient (Wildman–Crippen LogP) is 0.547. The molecule has 1 unspecified atom stereocenters. The fourth-order valence-electron chi connectivity index (χ4n) is 3.28. The zero-order valence-electron chi connectivity index (χ0n) is 15.0. The molecule has 0 spiro atoms. The van der Waals surface area contributed by atoms with E-state index in [1.54, 1.807) is 18.2 Å². The van der Waals surface area contributed by atoms with Gasteiger partial charge in [0, 0.05) is 19.4 Å². The van der Waals surface area contributed by atoms with E-state index in [-0.39, 0.29) is 36.3 Å². The lowest BCUT2D eigenvalue weighted by Crippen LogP contribution is -2.54. The summed E-state index contributed by atoms with van der Waals surface area (Å²) in [6.07, 6.45) is 1.81. The van der Waals surface area contributed by atoms with Gasteiger partial charge >= 0.3 is 0 Å². The van der Waals surface area contributed by atoms with Crippen molar-refractivity contribution >= 4 is 29.5 Å². The van der Waals surface area contributed by atoms with Gasteiger partial charge in [0.25, 0.3) is 11.8 Å². The normalized spacial score (nSPS) is 19.1. The number of nitrogens with zero attached hydrogens (tertiary/aromatic N) is 1. The van der Waals surface area contributed by atoms with Crippen LogP contribution in [0.15, 0.2) is 18.2 Å². The van der Waals surface area contributed by atoms with E-state index in [2.05, 4.69) is 10.6 Å². The lowest BCUT2D eigenvalue weighted by molar-refractivity contribution is -0.136. The van der Waals surface area contributed by atoms with E-state index >= 15 is 0 Å². The van der Waals surface area contributed by atoms with Crippen LogP contribution in [0.4, 0.5) is 0 Å². The lowest BCUT2D eigenvalue weighted by Gasteiger charge is -2.27. The number of carbonyl (C=O) groups excluding carboxylic acids is 5. The third-order valence-electron chi connectivity index (χ3n) is 4.72. The Morgan fingerprint density at radius 1 is 1.19 bits per heavy atom. The number of imide groups is 2. The summed E-state index contributed by atoms with van der Waals surface area (Å²) in [5, 5.41) is 4.96. The first-order chi connectivity index (χ1) is 12.9. The first-order valence-electron chi connectivity index (χ1n) is 9.03. The maximum absolute atomic E-state index is 12.7. The molecule has 1 aromatic carbocycles. The Morgan fingerprint density at radius 3 is 2.63 bits per heavy atom. The minimum atomic E-state index is -0.974. The average Bonchev–Trinajstić information content (AvgIpc) is 2.89. The standard InChI is InChI=1S/C19H21N3O5/c1-2-9-20-15(23)7-4-11-3-5-12-13(10-11)19(27)22(18(12)26)14-6-8-16(24)21-17(14)25/h3,5,10,14H,2,4,6-9H2,1H3,(H,20,23)(H,21,24,25). The number of aryl methyl sites for hydroxylation is 1. The molecular formula is C19H21N3O5. The second kappa shape index (κ2) is 7.69. The Labute approximate surface area is 156 Å². The van der Waals surface area contributed by atoms with Crippen molar-refractivity contribution < 1.29 is 24.0 Å². The fourth-order valence-corrected chi connectivity index (χ4v) is 3.28. The molecule has 1 atom stereocenters. The molecule has 2 aliphatic heterocycles. The van der Waals surface area contributed by atoms with E-state index < -0.39 is 29.7 Å². The zero-order chi connectivity index (χ0) is 19.6. The summed E-state index contributed by atoms with van der Waals surface area (Å²) in [6.45, 7) is 2.59. The Morgan fingerprint density at radius 2 is 1.93 bits per heavy atom. The topological polar surface area (TPSA) is 113 Å². The maximum atomic E-state index is 12.7. The number of amides is 5. The van der Waals surface area contributed by atoms with Crippen LogP contribution in [-0.4, -0.2) is 47.0 Å². The highest BCUT2D eigenvalue weighted by Crippen LogP contribution is 2.28. The van der Waals surface area contributed by atoms with Gasteiger partial charge < -0.3 is 5.32 Å². The third-order valence-corrected chi connectivity index (χ3v) is 4.72. The van der Waals surface area contributed by atoms with Gasteiger partial charge in [0.1, 0.15) is 6.04 Å². The molecule has 2 N–H and O–H groups in total. The van der Waals surface area contributed by atoms with Crippen LogP contribution in [0.2, 0.25) is 0 Å². The number of rotatable bonds is 6. The van der Waals surface area contributed by atoms with Gasteiger partial charge in [-0.3, -0.25) is 34.2 Å². The molecule has 0 bridgehead atoms. The van der Waals surface area contributed by atoms with Crippen LogP contribution < -0.4 is 10.6 Å². The zero-order valence-corrected chi connectivity index (χ0v) is 15.0. The monoisotopic (exact) mass is 371 g/mol. The molecule has 3 rings (SSSR count). The molecule has 142 valence electrons. The van der Waals surface area contributed by atoms with Crippen LogP contribution in [0.5, 0.6) is 0 Å². The van der Waals surface area contributed by atoms with Gasteiger partial charge in [0.2, 0.25) is 17.7 Å². The van der Waals surface area contributed by atoms with Crippen LogP contribution in [0.1, 0.15) is 58.9 Å². The second-order valence-corrected chi connectivity index (χ2v) is 6.68. The first-order valence-corrected chi connectivity index (χ1v) is 9.03. The van der Waals surface area contributed by atoms with E-state index in [0.29, 0.717) is 13.0 Å². The van der Waals surface area contributed by atoms with Crippen molar-refractivity contribution in [2.45, 2.75) is 45.1 Å². The van der Waals surface area contributed by atoms with Crippen molar-refractivity contribution in [3.63, 3.8) is 0 Å². The summed E-state index contributed by atoms with van der Waals surface area (Å²) >= 11 is 0. The highest BCUT2D eigenvalue weighted by atomic mass is 16.2. The van der Waals surface area contributed by atoms with E-state index in [9.17, 15) is 24.0 Å². The number of piperidine rings is 1. The largest absolute Gasteiger partial charge is 0.356 e. The Balaban J connectivity index is 1.74.